The van der Waals surface area contributed by atoms with Crippen molar-refractivity contribution in [3.63, 3.8) is 0 Å². The molecule has 3 fully saturated rings. The topological polar surface area (TPSA) is 96.4 Å². The molecule has 9 atom stereocenters. The van der Waals surface area contributed by atoms with Crippen LogP contribution < -0.4 is 0 Å². The Balaban J connectivity index is 2.15. The number of carbonyl (C=O) groups excluding carboxylic acids is 3. The zero-order valence-corrected chi connectivity index (χ0v) is 23.2. The SMILES string of the molecule is C=CCN(C(=O)[C@@H]1N([C@@H](CO)[C@@H](C)CC)C(=O)[C@H]2[C@H](C(=O)OCC)[C@H]3O[C@@]12CC3Br)C(C)CCC. The van der Waals surface area contributed by atoms with Crippen LogP contribution in [0.1, 0.15) is 60.3 Å². The van der Waals surface area contributed by atoms with Crippen molar-refractivity contribution < 1.29 is 29.0 Å². The van der Waals surface area contributed by atoms with Gasteiger partial charge in [0.25, 0.3) is 0 Å². The van der Waals surface area contributed by atoms with Crippen LogP contribution in [0, 0.1) is 17.8 Å². The molecule has 0 aliphatic carbocycles. The highest BCUT2D eigenvalue weighted by atomic mass is 79.9. The van der Waals surface area contributed by atoms with E-state index in [1.807, 2.05) is 20.8 Å². The summed E-state index contributed by atoms with van der Waals surface area (Å²) in [7, 11) is 0. The third-order valence-corrected chi connectivity index (χ3v) is 9.06. The van der Waals surface area contributed by atoms with E-state index in [0.717, 1.165) is 19.3 Å². The van der Waals surface area contributed by atoms with Gasteiger partial charge in [0.1, 0.15) is 11.6 Å². The number of ether oxygens (including phenoxy) is 2. The van der Waals surface area contributed by atoms with Crippen LogP contribution in [0.15, 0.2) is 12.7 Å². The maximum atomic E-state index is 14.4. The third-order valence-electron chi connectivity index (χ3n) is 8.21. The Morgan fingerprint density at radius 1 is 1.37 bits per heavy atom. The third kappa shape index (κ3) is 4.57. The zero-order valence-electron chi connectivity index (χ0n) is 21.6. The summed E-state index contributed by atoms with van der Waals surface area (Å²) in [5, 5.41) is 10.4. The fraction of sp³-hybridized carbons (Fsp3) is 0.808. The van der Waals surface area contributed by atoms with Crippen molar-refractivity contribution in [2.24, 2.45) is 17.8 Å². The van der Waals surface area contributed by atoms with Gasteiger partial charge in [-0.1, -0.05) is 55.6 Å². The fourth-order valence-corrected chi connectivity index (χ4v) is 7.33. The van der Waals surface area contributed by atoms with Gasteiger partial charge in [0.15, 0.2) is 0 Å². The lowest BCUT2D eigenvalue weighted by Crippen LogP contribution is -2.61. The molecule has 2 amide bonds. The number of nitrogens with zero attached hydrogens (tertiary/aromatic N) is 2. The summed E-state index contributed by atoms with van der Waals surface area (Å²) < 4.78 is 11.9. The molecule has 1 spiro atoms. The number of esters is 1. The molecule has 2 bridgehead atoms. The minimum absolute atomic E-state index is 0.0478. The lowest BCUT2D eigenvalue weighted by atomic mass is 9.70. The first-order chi connectivity index (χ1) is 16.6. The summed E-state index contributed by atoms with van der Waals surface area (Å²) in [5.74, 6) is -2.65. The van der Waals surface area contributed by atoms with Gasteiger partial charge in [-0.05, 0) is 32.6 Å². The highest BCUT2D eigenvalue weighted by molar-refractivity contribution is 9.09. The molecular weight excluding hydrogens is 516 g/mol. The van der Waals surface area contributed by atoms with Crippen LogP contribution in [-0.4, -0.2) is 87.1 Å². The van der Waals surface area contributed by atoms with Crippen molar-refractivity contribution in [2.75, 3.05) is 19.8 Å². The van der Waals surface area contributed by atoms with Gasteiger partial charge in [-0.15, -0.1) is 6.58 Å². The van der Waals surface area contributed by atoms with E-state index in [1.54, 1.807) is 22.8 Å². The summed E-state index contributed by atoms with van der Waals surface area (Å²) in [4.78, 5) is 44.7. The number of aliphatic hydroxyl groups is 1. The molecule has 8 nitrogen and oxygen atoms in total. The molecule has 3 aliphatic rings. The van der Waals surface area contributed by atoms with Crippen molar-refractivity contribution in [2.45, 2.75) is 95.0 Å². The summed E-state index contributed by atoms with van der Waals surface area (Å²) in [5.41, 5.74) is -1.16. The second kappa shape index (κ2) is 11.3. The van der Waals surface area contributed by atoms with Crippen LogP contribution in [0.5, 0.6) is 0 Å². The van der Waals surface area contributed by atoms with Gasteiger partial charge >= 0.3 is 5.97 Å². The van der Waals surface area contributed by atoms with Gasteiger partial charge in [0, 0.05) is 17.4 Å². The van der Waals surface area contributed by atoms with Crippen LogP contribution >= 0.6 is 15.9 Å². The van der Waals surface area contributed by atoms with Crippen LogP contribution in [0.2, 0.25) is 0 Å². The number of hydrogen-bond acceptors (Lipinski definition) is 6. The zero-order chi connectivity index (χ0) is 26.1. The normalized spacial score (nSPS) is 33.9. The Kier molecular flexibility index (Phi) is 9.08. The summed E-state index contributed by atoms with van der Waals surface area (Å²) >= 11 is 3.67. The smallest absolute Gasteiger partial charge is 0.312 e. The standard InChI is InChI=1S/C26H41BrN2O6/c1-7-11-16(6)28(12-8-2)24(32)22-26-13-17(27)21(35-26)19(25(33)34-10-4)20(26)23(31)29(22)18(14-30)15(5)9-3/h8,15-22,30H,2,7,9-14H2,1,3-6H3/t15-,16?,17?,18-,19-,20+,21-,22-,26+/m0/s1. The van der Waals surface area contributed by atoms with E-state index < -0.39 is 41.6 Å². The Labute approximate surface area is 217 Å². The number of carbonyl (C=O) groups is 3. The number of amides is 2. The van der Waals surface area contributed by atoms with E-state index in [4.69, 9.17) is 9.47 Å². The molecule has 0 radical (unpaired) electrons. The van der Waals surface area contributed by atoms with Crippen molar-refractivity contribution in [1.82, 2.24) is 9.80 Å². The Morgan fingerprint density at radius 3 is 2.60 bits per heavy atom. The van der Waals surface area contributed by atoms with Gasteiger partial charge in [0.05, 0.1) is 37.2 Å². The average Bonchev–Trinajstić information content (AvgIpc) is 3.41. The summed E-state index contributed by atoms with van der Waals surface area (Å²) in [6.45, 7) is 13.9. The summed E-state index contributed by atoms with van der Waals surface area (Å²) in [6.07, 6.45) is 4.02. The molecule has 0 aromatic carbocycles. The average molecular weight is 558 g/mol. The summed E-state index contributed by atoms with van der Waals surface area (Å²) in [6, 6.07) is -1.56. The first-order valence-electron chi connectivity index (χ1n) is 13.0. The van der Waals surface area contributed by atoms with Gasteiger partial charge in [0.2, 0.25) is 11.8 Å². The largest absolute Gasteiger partial charge is 0.466 e. The van der Waals surface area contributed by atoms with E-state index in [1.165, 1.54) is 0 Å². The molecule has 9 heteroatoms. The van der Waals surface area contributed by atoms with Gasteiger partial charge in [-0.2, -0.15) is 0 Å². The van der Waals surface area contributed by atoms with Crippen molar-refractivity contribution in [3.05, 3.63) is 12.7 Å². The predicted octanol–water partition coefficient (Wildman–Crippen LogP) is 2.91. The van der Waals surface area contributed by atoms with E-state index in [-0.39, 0.29) is 41.8 Å². The molecule has 2 unspecified atom stereocenters. The van der Waals surface area contributed by atoms with Gasteiger partial charge in [-0.25, -0.2) is 0 Å². The number of alkyl halides is 1. The van der Waals surface area contributed by atoms with Crippen LogP contribution in [-0.2, 0) is 23.9 Å². The molecular formula is C26H41BrN2O6. The monoisotopic (exact) mass is 556 g/mol. The van der Waals surface area contributed by atoms with E-state index in [2.05, 4.69) is 29.4 Å². The van der Waals surface area contributed by atoms with Crippen LogP contribution in [0.25, 0.3) is 0 Å². The second-order valence-electron chi connectivity index (χ2n) is 10.2. The first-order valence-corrected chi connectivity index (χ1v) is 13.9. The molecule has 0 aromatic rings. The molecule has 3 aliphatic heterocycles. The molecule has 1 N–H and O–H groups in total. The van der Waals surface area contributed by atoms with Crippen molar-refractivity contribution >= 4 is 33.7 Å². The van der Waals surface area contributed by atoms with E-state index in [9.17, 15) is 19.5 Å². The van der Waals surface area contributed by atoms with Crippen LogP contribution in [0.4, 0.5) is 0 Å². The minimum Gasteiger partial charge on any atom is -0.466 e. The van der Waals surface area contributed by atoms with Crippen LogP contribution in [0.3, 0.4) is 0 Å². The molecule has 198 valence electrons. The maximum absolute atomic E-state index is 14.4. The second-order valence-corrected chi connectivity index (χ2v) is 11.4. The Hall–Kier alpha value is -1.45. The molecule has 3 heterocycles. The lowest BCUT2D eigenvalue weighted by molar-refractivity contribution is -0.157. The molecule has 0 saturated carbocycles. The molecule has 35 heavy (non-hydrogen) atoms. The quantitative estimate of drug-likeness (QED) is 0.225. The van der Waals surface area contributed by atoms with E-state index in [0.29, 0.717) is 13.0 Å². The van der Waals surface area contributed by atoms with Crippen molar-refractivity contribution in [1.29, 1.82) is 0 Å². The van der Waals surface area contributed by atoms with Gasteiger partial charge < -0.3 is 24.4 Å². The molecule has 3 saturated heterocycles. The molecule has 0 aromatic heterocycles. The van der Waals surface area contributed by atoms with Crippen molar-refractivity contribution in [3.8, 4) is 0 Å². The highest BCUT2D eigenvalue weighted by Crippen LogP contribution is 2.61. The number of likely N-dealkylation sites (tertiary alicyclic amines) is 1. The minimum atomic E-state index is -1.16. The maximum Gasteiger partial charge on any atom is 0.312 e. The lowest BCUT2D eigenvalue weighted by Gasteiger charge is -2.42. The number of fused-ring (bicyclic) bond motifs is 1. The first kappa shape index (κ1) is 28.1. The number of hydrogen-bond donors (Lipinski definition) is 1. The Bertz CT molecular complexity index is 824. The molecule has 3 rings (SSSR count). The fourth-order valence-electron chi connectivity index (χ4n) is 6.38. The highest BCUT2D eigenvalue weighted by Gasteiger charge is 2.77. The Morgan fingerprint density at radius 2 is 2.06 bits per heavy atom. The number of aliphatic hydroxyl groups excluding tert-OH is 1. The predicted molar refractivity (Wildman–Crippen MR) is 136 cm³/mol. The number of rotatable bonds is 12. The van der Waals surface area contributed by atoms with Gasteiger partial charge in [-0.3, -0.25) is 14.4 Å². The van der Waals surface area contributed by atoms with E-state index >= 15 is 0 Å². The number of halogens is 1.